The van der Waals surface area contributed by atoms with E-state index in [-0.39, 0.29) is 22.4 Å². The number of hydrogen-bond acceptors (Lipinski definition) is 9. The molecule has 0 aliphatic carbocycles. The molecule has 0 spiro atoms. The van der Waals surface area contributed by atoms with Gasteiger partial charge in [0.15, 0.2) is 0 Å². The maximum atomic E-state index is 10.9. The summed E-state index contributed by atoms with van der Waals surface area (Å²) in [7, 11) is 0. The lowest BCUT2D eigenvalue weighted by Gasteiger charge is -2.00. The summed E-state index contributed by atoms with van der Waals surface area (Å²) in [5, 5.41) is 29.8. The van der Waals surface area contributed by atoms with E-state index >= 15 is 0 Å². The van der Waals surface area contributed by atoms with Crippen molar-refractivity contribution < 1.29 is 14.3 Å². The second kappa shape index (κ2) is 7.05. The first-order chi connectivity index (χ1) is 12.0. The van der Waals surface area contributed by atoms with E-state index in [0.29, 0.717) is 17.0 Å². The Balaban J connectivity index is 1.77. The van der Waals surface area contributed by atoms with Crippen molar-refractivity contribution in [3.8, 4) is 11.5 Å². The van der Waals surface area contributed by atoms with Crippen LogP contribution < -0.4 is 0 Å². The van der Waals surface area contributed by atoms with E-state index < -0.39 is 9.85 Å². The topological polar surface area (TPSA) is 138 Å². The molecule has 2 aromatic heterocycles. The summed E-state index contributed by atoms with van der Waals surface area (Å²) in [6.07, 6.45) is 3.18. The molecule has 2 heterocycles. The maximum Gasteiger partial charge on any atom is 0.277 e. The molecule has 0 unspecified atom stereocenters. The zero-order valence-electron chi connectivity index (χ0n) is 12.4. The molecular formula is C14H9N5O5S. The van der Waals surface area contributed by atoms with Crippen molar-refractivity contribution in [3.05, 3.63) is 68.5 Å². The first-order valence-electron chi connectivity index (χ1n) is 6.82. The third-order valence-corrected chi connectivity index (χ3v) is 3.97. The Morgan fingerprint density at radius 3 is 2.24 bits per heavy atom. The number of nitro groups is 2. The Bertz CT molecular complexity index is 898. The van der Waals surface area contributed by atoms with E-state index in [1.807, 2.05) is 0 Å². The summed E-state index contributed by atoms with van der Waals surface area (Å²) in [5.74, 6) is 0.524. The Hall–Kier alpha value is -3.34. The number of benzene rings is 1. The van der Waals surface area contributed by atoms with E-state index in [4.69, 9.17) is 4.42 Å². The van der Waals surface area contributed by atoms with Gasteiger partial charge in [0.1, 0.15) is 0 Å². The normalized spacial score (nSPS) is 10.6. The Labute approximate surface area is 144 Å². The molecule has 126 valence electrons. The SMILES string of the molecule is O=[N+]([O-])c1cc(CSc2nnc(-c3ccncc3)o2)cc([N+](=O)[O-])c1. The fourth-order valence-corrected chi connectivity index (χ4v) is 2.67. The van der Waals surface area contributed by atoms with Crippen LogP contribution in [0.4, 0.5) is 11.4 Å². The van der Waals surface area contributed by atoms with Gasteiger partial charge in [0.2, 0.25) is 5.89 Å². The monoisotopic (exact) mass is 359 g/mol. The number of thioether (sulfide) groups is 1. The fraction of sp³-hybridized carbons (Fsp3) is 0.0714. The summed E-state index contributed by atoms with van der Waals surface area (Å²) in [5.41, 5.74) is 0.440. The zero-order chi connectivity index (χ0) is 17.8. The molecule has 0 amide bonds. The second-order valence-corrected chi connectivity index (χ2v) is 5.70. The zero-order valence-corrected chi connectivity index (χ0v) is 13.3. The van der Waals surface area contributed by atoms with Gasteiger partial charge in [0, 0.05) is 35.8 Å². The highest BCUT2D eigenvalue weighted by atomic mass is 32.2. The summed E-state index contributed by atoms with van der Waals surface area (Å²) in [6, 6.07) is 6.90. The lowest BCUT2D eigenvalue weighted by atomic mass is 10.2. The number of nitro benzene ring substituents is 2. The number of aromatic nitrogens is 3. The average Bonchev–Trinajstić information content (AvgIpc) is 3.09. The smallest absolute Gasteiger partial charge is 0.277 e. The first kappa shape index (κ1) is 16.5. The van der Waals surface area contributed by atoms with Gasteiger partial charge in [-0.25, -0.2) is 0 Å². The highest BCUT2D eigenvalue weighted by Gasteiger charge is 2.17. The standard InChI is InChI=1S/C14H9N5O5S/c20-18(21)11-5-9(6-12(7-11)19(22)23)8-25-14-17-16-13(24-14)10-1-3-15-4-2-10/h1-7H,8H2. The molecular weight excluding hydrogens is 350 g/mol. The van der Waals surface area contributed by atoms with Gasteiger partial charge in [-0.1, -0.05) is 11.8 Å². The van der Waals surface area contributed by atoms with Gasteiger partial charge in [-0.2, -0.15) is 0 Å². The van der Waals surface area contributed by atoms with Crippen LogP contribution in [0.15, 0.2) is 52.4 Å². The Kier molecular flexibility index (Phi) is 4.66. The van der Waals surface area contributed by atoms with E-state index in [0.717, 1.165) is 17.8 Å². The van der Waals surface area contributed by atoms with Crippen LogP contribution in [0.2, 0.25) is 0 Å². The molecule has 0 saturated carbocycles. The summed E-state index contributed by atoms with van der Waals surface area (Å²) < 4.78 is 5.49. The molecule has 0 radical (unpaired) electrons. The highest BCUT2D eigenvalue weighted by molar-refractivity contribution is 7.98. The molecule has 0 fully saturated rings. The molecule has 10 nitrogen and oxygen atoms in total. The number of nitrogens with zero attached hydrogens (tertiary/aromatic N) is 5. The number of rotatable bonds is 6. The minimum Gasteiger partial charge on any atom is -0.411 e. The third kappa shape index (κ3) is 3.95. The average molecular weight is 359 g/mol. The summed E-state index contributed by atoms with van der Waals surface area (Å²) in [4.78, 5) is 24.3. The van der Waals surface area contributed by atoms with Gasteiger partial charge in [0.25, 0.3) is 16.6 Å². The van der Waals surface area contributed by atoms with Crippen LogP contribution in [0.25, 0.3) is 11.5 Å². The number of pyridine rings is 1. The molecule has 3 aromatic rings. The van der Waals surface area contributed by atoms with Crippen molar-refractivity contribution >= 4 is 23.1 Å². The van der Waals surface area contributed by atoms with Gasteiger partial charge in [-0.3, -0.25) is 25.2 Å². The quantitative estimate of drug-likeness (QED) is 0.368. The van der Waals surface area contributed by atoms with Gasteiger partial charge in [-0.05, 0) is 17.7 Å². The van der Waals surface area contributed by atoms with Crippen LogP contribution >= 0.6 is 11.8 Å². The van der Waals surface area contributed by atoms with E-state index in [1.54, 1.807) is 24.5 Å². The predicted octanol–water partition coefficient (Wildman–Crippen LogP) is 3.24. The number of hydrogen-bond donors (Lipinski definition) is 0. The van der Waals surface area contributed by atoms with Crippen LogP contribution in [0, 0.1) is 20.2 Å². The Morgan fingerprint density at radius 2 is 1.64 bits per heavy atom. The largest absolute Gasteiger partial charge is 0.411 e. The van der Waals surface area contributed by atoms with E-state index in [2.05, 4.69) is 15.2 Å². The van der Waals surface area contributed by atoms with E-state index in [1.165, 1.54) is 12.1 Å². The van der Waals surface area contributed by atoms with E-state index in [9.17, 15) is 20.2 Å². The lowest BCUT2D eigenvalue weighted by Crippen LogP contribution is -1.95. The molecule has 3 rings (SSSR count). The van der Waals surface area contributed by atoms with Crippen molar-refractivity contribution in [2.24, 2.45) is 0 Å². The molecule has 0 aliphatic heterocycles. The van der Waals surface area contributed by atoms with Crippen molar-refractivity contribution in [3.63, 3.8) is 0 Å². The molecule has 0 bridgehead atoms. The van der Waals surface area contributed by atoms with Crippen molar-refractivity contribution in [2.75, 3.05) is 0 Å². The summed E-state index contributed by atoms with van der Waals surface area (Å²) >= 11 is 1.13. The molecule has 0 N–H and O–H groups in total. The molecule has 0 atom stereocenters. The maximum absolute atomic E-state index is 10.9. The van der Waals surface area contributed by atoms with Gasteiger partial charge in [-0.15, -0.1) is 10.2 Å². The molecule has 0 aliphatic rings. The number of non-ortho nitro benzene ring substituents is 2. The van der Waals surface area contributed by atoms with Gasteiger partial charge in [0.05, 0.1) is 15.9 Å². The van der Waals surface area contributed by atoms with Crippen LogP contribution in [-0.2, 0) is 5.75 Å². The Morgan fingerprint density at radius 1 is 1.00 bits per heavy atom. The predicted molar refractivity (Wildman–Crippen MR) is 86.8 cm³/mol. The van der Waals surface area contributed by atoms with Crippen molar-refractivity contribution in [1.29, 1.82) is 0 Å². The molecule has 25 heavy (non-hydrogen) atoms. The second-order valence-electron chi connectivity index (χ2n) is 4.77. The fourth-order valence-electron chi connectivity index (χ4n) is 1.97. The minimum atomic E-state index is -0.671. The first-order valence-corrected chi connectivity index (χ1v) is 7.81. The third-order valence-electron chi connectivity index (χ3n) is 3.08. The van der Waals surface area contributed by atoms with Crippen molar-refractivity contribution in [1.82, 2.24) is 15.2 Å². The molecule has 1 aromatic carbocycles. The molecule has 11 heteroatoms. The van der Waals surface area contributed by atoms with Gasteiger partial charge < -0.3 is 4.42 Å². The summed E-state index contributed by atoms with van der Waals surface area (Å²) in [6.45, 7) is 0. The highest BCUT2D eigenvalue weighted by Crippen LogP contribution is 2.29. The van der Waals surface area contributed by atoms with Crippen LogP contribution in [-0.4, -0.2) is 25.0 Å². The van der Waals surface area contributed by atoms with Crippen LogP contribution in [0.1, 0.15) is 5.56 Å². The lowest BCUT2D eigenvalue weighted by molar-refractivity contribution is -0.394. The minimum absolute atomic E-state index is 0.209. The van der Waals surface area contributed by atoms with Crippen LogP contribution in [0.5, 0.6) is 0 Å². The molecule has 0 saturated heterocycles. The van der Waals surface area contributed by atoms with Crippen LogP contribution in [0.3, 0.4) is 0 Å². The van der Waals surface area contributed by atoms with Crippen molar-refractivity contribution in [2.45, 2.75) is 11.0 Å². The van der Waals surface area contributed by atoms with Gasteiger partial charge >= 0.3 is 0 Å².